The molecular weight excluding hydrogens is 260 g/mol. The number of rotatable bonds is 3. The van der Waals surface area contributed by atoms with Gasteiger partial charge in [-0.1, -0.05) is 24.6 Å². The number of benzene rings is 1. The zero-order valence-electron chi connectivity index (χ0n) is 10.5. The summed E-state index contributed by atoms with van der Waals surface area (Å²) in [5.41, 5.74) is 2.11. The van der Waals surface area contributed by atoms with Crippen LogP contribution >= 0.6 is 11.6 Å². The predicted octanol–water partition coefficient (Wildman–Crippen LogP) is 3.16. The lowest BCUT2D eigenvalue weighted by molar-refractivity contribution is 0.942. The number of hydrogen-bond donors (Lipinski definition) is 1. The molecule has 1 aromatic carbocycles. The van der Waals surface area contributed by atoms with E-state index < -0.39 is 0 Å². The van der Waals surface area contributed by atoms with Crippen LogP contribution in [0, 0.1) is 0 Å². The minimum Gasteiger partial charge on any atom is -0.263 e. The molecule has 0 spiro atoms. The van der Waals surface area contributed by atoms with Crippen LogP contribution in [0.4, 0.5) is 0 Å². The van der Waals surface area contributed by atoms with Crippen LogP contribution < -0.4 is 0 Å². The molecule has 1 N–H and O–H groups in total. The van der Waals surface area contributed by atoms with E-state index in [1.165, 1.54) is 0 Å². The molecule has 0 fully saturated rings. The van der Waals surface area contributed by atoms with Crippen LogP contribution in [-0.4, -0.2) is 20.2 Å². The number of aromatic amines is 1. The van der Waals surface area contributed by atoms with Crippen LogP contribution in [0.15, 0.2) is 30.5 Å². The molecule has 0 atom stereocenters. The molecule has 19 heavy (non-hydrogen) atoms. The normalized spacial score (nSPS) is 11.1. The minimum atomic E-state index is 0.651. The van der Waals surface area contributed by atoms with Crippen molar-refractivity contribution in [2.45, 2.75) is 19.8 Å². The topological polar surface area (TPSA) is 54.5 Å². The number of pyridine rings is 1. The van der Waals surface area contributed by atoms with Gasteiger partial charge >= 0.3 is 0 Å². The number of nitrogens with one attached hydrogen (secondary N) is 1. The monoisotopic (exact) mass is 272 g/mol. The Kier molecular flexibility index (Phi) is 3.17. The number of H-pyrrole nitrogens is 1. The molecule has 2 aromatic heterocycles. The Hall–Kier alpha value is -1.94. The fourth-order valence-corrected chi connectivity index (χ4v) is 2.20. The van der Waals surface area contributed by atoms with Crippen LogP contribution in [-0.2, 0) is 12.8 Å². The fourth-order valence-electron chi connectivity index (χ4n) is 2.03. The highest BCUT2D eigenvalue weighted by Gasteiger charge is 2.04. The average molecular weight is 273 g/mol. The second-order valence-corrected chi connectivity index (χ2v) is 4.85. The van der Waals surface area contributed by atoms with Crippen LogP contribution in [0.3, 0.4) is 0 Å². The Bertz CT molecular complexity index is 720. The quantitative estimate of drug-likeness (QED) is 0.797. The van der Waals surface area contributed by atoms with Crippen molar-refractivity contribution < 1.29 is 0 Å². The maximum atomic E-state index is 5.96. The third-order valence-electron chi connectivity index (χ3n) is 2.98. The molecule has 0 saturated heterocycles. The fraction of sp³-hybridized carbons (Fsp3) is 0.214. The van der Waals surface area contributed by atoms with E-state index in [4.69, 9.17) is 11.6 Å². The molecule has 0 amide bonds. The van der Waals surface area contributed by atoms with Gasteiger partial charge in [-0.2, -0.15) is 5.10 Å². The van der Waals surface area contributed by atoms with Gasteiger partial charge in [-0.15, -0.1) is 0 Å². The van der Waals surface area contributed by atoms with Crippen molar-refractivity contribution in [1.82, 2.24) is 20.2 Å². The van der Waals surface area contributed by atoms with Gasteiger partial charge in [-0.3, -0.25) is 10.1 Å². The van der Waals surface area contributed by atoms with Crippen molar-refractivity contribution in [2.75, 3.05) is 0 Å². The Morgan fingerprint density at radius 2 is 2.16 bits per heavy atom. The molecular formula is C14H13ClN4. The summed E-state index contributed by atoms with van der Waals surface area (Å²) in [7, 11) is 0. The summed E-state index contributed by atoms with van der Waals surface area (Å²) < 4.78 is 0. The van der Waals surface area contributed by atoms with Gasteiger partial charge in [0, 0.05) is 24.4 Å². The Morgan fingerprint density at radius 1 is 1.26 bits per heavy atom. The Labute approximate surface area is 115 Å². The first kappa shape index (κ1) is 12.1. The lowest BCUT2D eigenvalue weighted by Crippen LogP contribution is -1.92. The number of nitrogens with zero attached hydrogens (tertiary/aromatic N) is 3. The van der Waals surface area contributed by atoms with Crippen molar-refractivity contribution in [3.05, 3.63) is 52.7 Å². The lowest BCUT2D eigenvalue weighted by Gasteiger charge is -2.02. The van der Waals surface area contributed by atoms with E-state index in [0.717, 1.165) is 41.0 Å². The standard InChI is InChI=1S/C14H13ClN4/c1-2-13-17-14(19-18-13)6-9-3-4-12-10(5-9)7-11(15)8-16-12/h3-5,7-8H,2,6H2,1H3,(H,17,18,19). The van der Waals surface area contributed by atoms with Gasteiger partial charge in [0.2, 0.25) is 0 Å². The Balaban J connectivity index is 1.92. The highest BCUT2D eigenvalue weighted by molar-refractivity contribution is 6.31. The van der Waals surface area contributed by atoms with Crippen molar-refractivity contribution in [2.24, 2.45) is 0 Å². The van der Waals surface area contributed by atoms with Gasteiger partial charge < -0.3 is 0 Å². The number of halogens is 1. The molecule has 0 aliphatic heterocycles. The number of fused-ring (bicyclic) bond motifs is 1. The van der Waals surface area contributed by atoms with E-state index >= 15 is 0 Å². The first-order chi connectivity index (χ1) is 9.24. The first-order valence-electron chi connectivity index (χ1n) is 6.19. The highest BCUT2D eigenvalue weighted by atomic mass is 35.5. The third-order valence-corrected chi connectivity index (χ3v) is 3.18. The molecule has 3 aromatic rings. The number of hydrogen-bond acceptors (Lipinski definition) is 3. The van der Waals surface area contributed by atoms with E-state index in [2.05, 4.69) is 32.3 Å². The predicted molar refractivity (Wildman–Crippen MR) is 75.3 cm³/mol. The summed E-state index contributed by atoms with van der Waals surface area (Å²) in [6.07, 6.45) is 3.23. The SMILES string of the molecule is CCc1n[nH]c(Cc2ccc3ncc(Cl)cc3c2)n1. The maximum Gasteiger partial charge on any atom is 0.150 e. The van der Waals surface area contributed by atoms with Crippen molar-refractivity contribution in [3.63, 3.8) is 0 Å². The second-order valence-electron chi connectivity index (χ2n) is 4.41. The first-order valence-corrected chi connectivity index (χ1v) is 6.57. The summed E-state index contributed by atoms with van der Waals surface area (Å²) in [5, 5.41) is 8.79. The van der Waals surface area contributed by atoms with E-state index in [0.29, 0.717) is 5.02 Å². The molecule has 0 radical (unpaired) electrons. The maximum absolute atomic E-state index is 5.96. The zero-order chi connectivity index (χ0) is 13.2. The lowest BCUT2D eigenvalue weighted by atomic mass is 10.1. The summed E-state index contributed by atoms with van der Waals surface area (Å²) in [4.78, 5) is 8.69. The van der Waals surface area contributed by atoms with Gasteiger partial charge in [0.25, 0.3) is 0 Å². The highest BCUT2D eigenvalue weighted by Crippen LogP contribution is 2.19. The zero-order valence-corrected chi connectivity index (χ0v) is 11.3. The largest absolute Gasteiger partial charge is 0.263 e. The molecule has 2 heterocycles. The van der Waals surface area contributed by atoms with Crippen molar-refractivity contribution in [3.8, 4) is 0 Å². The van der Waals surface area contributed by atoms with Gasteiger partial charge in [-0.25, -0.2) is 4.98 Å². The smallest absolute Gasteiger partial charge is 0.150 e. The molecule has 0 saturated carbocycles. The van der Waals surface area contributed by atoms with E-state index in [-0.39, 0.29) is 0 Å². The molecule has 0 aliphatic carbocycles. The van der Waals surface area contributed by atoms with Gasteiger partial charge in [0.15, 0.2) is 0 Å². The molecule has 0 aliphatic rings. The Morgan fingerprint density at radius 3 is 2.95 bits per heavy atom. The van der Waals surface area contributed by atoms with Crippen LogP contribution in [0.1, 0.15) is 24.1 Å². The van der Waals surface area contributed by atoms with Crippen LogP contribution in [0.5, 0.6) is 0 Å². The molecule has 0 bridgehead atoms. The van der Waals surface area contributed by atoms with E-state index in [9.17, 15) is 0 Å². The van der Waals surface area contributed by atoms with Crippen molar-refractivity contribution in [1.29, 1.82) is 0 Å². The van der Waals surface area contributed by atoms with E-state index in [1.54, 1.807) is 6.20 Å². The minimum absolute atomic E-state index is 0.651. The van der Waals surface area contributed by atoms with Gasteiger partial charge in [0.05, 0.1) is 10.5 Å². The second kappa shape index (κ2) is 4.97. The van der Waals surface area contributed by atoms with Crippen LogP contribution in [0.25, 0.3) is 10.9 Å². The average Bonchev–Trinajstić information content (AvgIpc) is 2.86. The summed E-state index contributed by atoms with van der Waals surface area (Å²) in [5.74, 6) is 1.73. The van der Waals surface area contributed by atoms with Gasteiger partial charge in [-0.05, 0) is 23.8 Å². The molecule has 3 rings (SSSR count). The van der Waals surface area contributed by atoms with Gasteiger partial charge in [0.1, 0.15) is 11.6 Å². The molecule has 5 heteroatoms. The van der Waals surface area contributed by atoms with E-state index in [1.807, 2.05) is 19.1 Å². The molecule has 96 valence electrons. The summed E-state index contributed by atoms with van der Waals surface area (Å²) >= 11 is 5.96. The number of aromatic nitrogens is 4. The molecule has 0 unspecified atom stereocenters. The van der Waals surface area contributed by atoms with Crippen molar-refractivity contribution >= 4 is 22.5 Å². The summed E-state index contributed by atoms with van der Waals surface area (Å²) in [6, 6.07) is 8.06. The molecule has 4 nitrogen and oxygen atoms in total. The number of aryl methyl sites for hydroxylation is 1. The van der Waals surface area contributed by atoms with Crippen LogP contribution in [0.2, 0.25) is 5.02 Å². The third kappa shape index (κ3) is 2.58. The summed E-state index contributed by atoms with van der Waals surface area (Å²) in [6.45, 7) is 2.04.